The molecule has 0 fully saturated rings. The van der Waals surface area contributed by atoms with Crippen molar-refractivity contribution in [2.45, 2.75) is 20.8 Å². The number of rotatable bonds is 6. The van der Waals surface area contributed by atoms with E-state index in [1.165, 1.54) is 4.57 Å². The highest BCUT2D eigenvalue weighted by Crippen LogP contribution is 2.28. The summed E-state index contributed by atoms with van der Waals surface area (Å²) in [7, 11) is 0. The average molecular weight is 648 g/mol. The van der Waals surface area contributed by atoms with Crippen LogP contribution in [0.5, 0.6) is 0 Å². The number of thiazole rings is 1. The summed E-state index contributed by atoms with van der Waals surface area (Å²) in [6.45, 7) is 5.58. The van der Waals surface area contributed by atoms with Crippen LogP contribution in [0.1, 0.15) is 22.3 Å². The van der Waals surface area contributed by atoms with E-state index >= 15 is 0 Å². The molecule has 3 heterocycles. The molecule has 0 unspecified atom stereocenters. The maximum atomic E-state index is 14.3. The molecule has 3 aromatic heterocycles. The number of aromatic nitrogens is 3. The lowest BCUT2D eigenvalue weighted by molar-refractivity contribution is -0.111. The summed E-state index contributed by atoms with van der Waals surface area (Å²) in [6.07, 6.45) is 3.65. The molecule has 0 bridgehead atoms. The van der Waals surface area contributed by atoms with E-state index in [2.05, 4.69) is 11.4 Å². The van der Waals surface area contributed by atoms with Crippen molar-refractivity contribution in [1.82, 2.24) is 14.3 Å². The Hall–Kier alpha value is -5.01. The van der Waals surface area contributed by atoms with Crippen molar-refractivity contribution in [2.75, 3.05) is 5.32 Å². The quantitative estimate of drug-likeness (QED) is 0.222. The third-order valence-electron chi connectivity index (χ3n) is 7.38. The Labute approximate surface area is 272 Å². The second-order valence-electron chi connectivity index (χ2n) is 10.3. The SMILES string of the molecule is Cc1cccc(C)c1NC(=O)C(C#N)=c1sc(=Cc2cn(-c3ccccc3)nc2-c2cccs2)c(=O)n1-c1cccc(Cl)c1C. The monoisotopic (exact) mass is 647 g/mol. The number of para-hydroxylation sites is 2. The molecule has 3 aromatic carbocycles. The molecule has 0 saturated carbocycles. The lowest BCUT2D eigenvalue weighted by Gasteiger charge is -2.12. The Morgan fingerprint density at radius 2 is 1.71 bits per heavy atom. The Kier molecular flexibility index (Phi) is 8.37. The van der Waals surface area contributed by atoms with Crippen LogP contribution in [0.15, 0.2) is 95.2 Å². The number of amides is 1. The van der Waals surface area contributed by atoms with Gasteiger partial charge in [0.2, 0.25) is 0 Å². The van der Waals surface area contributed by atoms with Crippen LogP contribution < -0.4 is 20.1 Å². The summed E-state index contributed by atoms with van der Waals surface area (Å²) in [5.41, 5.74) is 5.23. The zero-order valence-corrected chi connectivity index (χ0v) is 26.9. The number of hydrogen-bond acceptors (Lipinski definition) is 6. The highest BCUT2D eigenvalue weighted by atomic mass is 35.5. The molecule has 0 atom stereocenters. The van der Waals surface area contributed by atoms with Gasteiger partial charge in [0.15, 0.2) is 5.57 Å². The van der Waals surface area contributed by atoms with Crippen LogP contribution in [0.25, 0.3) is 33.6 Å². The van der Waals surface area contributed by atoms with Crippen molar-refractivity contribution >= 4 is 57.5 Å². The van der Waals surface area contributed by atoms with Gasteiger partial charge in [0, 0.05) is 22.5 Å². The molecule has 10 heteroatoms. The predicted octanol–water partition coefficient (Wildman–Crippen LogP) is 6.53. The molecule has 0 aliphatic heterocycles. The lowest BCUT2D eigenvalue weighted by atomic mass is 10.1. The van der Waals surface area contributed by atoms with Crippen molar-refractivity contribution < 1.29 is 4.79 Å². The fourth-order valence-electron chi connectivity index (χ4n) is 5.04. The van der Waals surface area contributed by atoms with Gasteiger partial charge in [-0.2, -0.15) is 10.4 Å². The Bertz CT molecular complexity index is 2270. The molecule has 1 amide bonds. The molecule has 0 aliphatic carbocycles. The zero-order valence-electron chi connectivity index (χ0n) is 24.5. The molecule has 1 N–H and O–H groups in total. The summed E-state index contributed by atoms with van der Waals surface area (Å²) in [6, 6.07) is 26.6. The molecule has 0 saturated heterocycles. The molecule has 7 nitrogen and oxygen atoms in total. The minimum absolute atomic E-state index is 0.183. The number of carbonyl (C=O) groups excluding carboxylic acids is 1. The standard InChI is InChI=1S/C35H26ClN5O2S2/c1-21-10-7-11-22(2)31(21)38-33(42)26(19-37)35-41(28-15-8-14-27(36)23(28)3)34(43)30(45-35)18-24-20-40(25-12-5-4-6-13-25)39-32(24)29-16-9-17-44-29/h4-18,20H,1-3H3,(H,38,42). The van der Waals surface area contributed by atoms with E-state index in [1.54, 1.807) is 47.2 Å². The fraction of sp³-hybridized carbons (Fsp3) is 0.0857. The van der Waals surface area contributed by atoms with Gasteiger partial charge in [-0.25, -0.2) is 4.68 Å². The number of anilines is 1. The first-order valence-electron chi connectivity index (χ1n) is 14.0. The van der Waals surface area contributed by atoms with Crippen molar-refractivity contribution in [2.24, 2.45) is 0 Å². The van der Waals surface area contributed by atoms with Crippen molar-refractivity contribution in [1.29, 1.82) is 5.26 Å². The molecular formula is C35H26ClN5O2S2. The van der Waals surface area contributed by atoms with Gasteiger partial charge in [0.25, 0.3) is 11.5 Å². The van der Waals surface area contributed by atoms with Gasteiger partial charge in [-0.1, -0.05) is 60.1 Å². The van der Waals surface area contributed by atoms with E-state index in [4.69, 9.17) is 16.7 Å². The number of nitrogens with zero attached hydrogens (tertiary/aromatic N) is 4. The maximum Gasteiger partial charge on any atom is 0.273 e. The summed E-state index contributed by atoms with van der Waals surface area (Å²) < 4.78 is 3.73. The minimum atomic E-state index is -0.604. The van der Waals surface area contributed by atoms with Crippen LogP contribution in [0, 0.1) is 32.1 Å². The van der Waals surface area contributed by atoms with Gasteiger partial charge < -0.3 is 5.32 Å². The number of nitrogens with one attached hydrogen (secondary N) is 1. The molecule has 222 valence electrons. The Balaban J connectivity index is 1.62. The number of aryl methyl sites for hydroxylation is 2. The van der Waals surface area contributed by atoms with Gasteiger partial charge >= 0.3 is 0 Å². The number of hydrogen-bond donors (Lipinski definition) is 1. The second kappa shape index (κ2) is 12.5. The van der Waals surface area contributed by atoms with Crippen LogP contribution in [0.4, 0.5) is 5.69 Å². The predicted molar refractivity (Wildman–Crippen MR) is 183 cm³/mol. The van der Waals surface area contributed by atoms with E-state index < -0.39 is 5.91 Å². The van der Waals surface area contributed by atoms with Gasteiger partial charge in [0.05, 0.1) is 20.8 Å². The number of halogens is 1. The smallest absolute Gasteiger partial charge is 0.273 e. The van der Waals surface area contributed by atoms with Crippen LogP contribution in [0.2, 0.25) is 5.02 Å². The zero-order chi connectivity index (χ0) is 31.7. The molecule has 45 heavy (non-hydrogen) atoms. The average Bonchev–Trinajstić information content (AvgIpc) is 3.78. The van der Waals surface area contributed by atoms with Gasteiger partial charge in [-0.15, -0.1) is 22.7 Å². The lowest BCUT2D eigenvalue weighted by Crippen LogP contribution is -2.32. The van der Waals surface area contributed by atoms with Crippen molar-refractivity contribution in [3.05, 3.63) is 137 Å². The first-order valence-corrected chi connectivity index (χ1v) is 16.0. The number of thiophene rings is 1. The van der Waals surface area contributed by atoms with E-state index in [-0.39, 0.29) is 15.8 Å². The molecule has 0 aliphatic rings. The molecule has 6 rings (SSSR count). The fourth-order valence-corrected chi connectivity index (χ4v) is 7.03. The van der Waals surface area contributed by atoms with Crippen LogP contribution in [-0.2, 0) is 4.79 Å². The van der Waals surface area contributed by atoms with E-state index in [9.17, 15) is 14.9 Å². The van der Waals surface area contributed by atoms with Crippen LogP contribution >= 0.6 is 34.3 Å². The Morgan fingerprint density at radius 1 is 0.978 bits per heavy atom. The third-order valence-corrected chi connectivity index (χ3v) is 9.76. The number of carbonyl (C=O) groups is 1. The largest absolute Gasteiger partial charge is 0.321 e. The Morgan fingerprint density at radius 3 is 2.40 bits per heavy atom. The third kappa shape index (κ3) is 5.79. The molecule has 6 aromatic rings. The topological polar surface area (TPSA) is 92.7 Å². The maximum absolute atomic E-state index is 14.3. The number of nitriles is 1. The normalized spacial score (nSPS) is 12.2. The molecule has 0 spiro atoms. The highest BCUT2D eigenvalue weighted by molar-refractivity contribution is 7.13. The summed E-state index contributed by atoms with van der Waals surface area (Å²) >= 11 is 9.11. The first-order chi connectivity index (χ1) is 21.8. The second-order valence-corrected chi connectivity index (χ2v) is 12.7. The van der Waals surface area contributed by atoms with Crippen molar-refractivity contribution in [3.63, 3.8) is 0 Å². The molecule has 0 radical (unpaired) electrons. The summed E-state index contributed by atoms with van der Waals surface area (Å²) in [4.78, 5) is 28.9. The van der Waals surface area contributed by atoms with Crippen molar-refractivity contribution in [3.8, 4) is 28.0 Å². The minimum Gasteiger partial charge on any atom is -0.321 e. The highest BCUT2D eigenvalue weighted by Gasteiger charge is 2.20. The van der Waals surface area contributed by atoms with Gasteiger partial charge in [0.1, 0.15) is 16.4 Å². The summed E-state index contributed by atoms with van der Waals surface area (Å²) in [5, 5.41) is 20.5. The van der Waals surface area contributed by atoms with Gasteiger partial charge in [-0.3, -0.25) is 14.2 Å². The van der Waals surface area contributed by atoms with Gasteiger partial charge in [-0.05, 0) is 79.2 Å². The van der Waals surface area contributed by atoms with Crippen LogP contribution in [-0.4, -0.2) is 20.3 Å². The van der Waals surface area contributed by atoms with E-state index in [1.807, 2.05) is 86.1 Å². The van der Waals surface area contributed by atoms with E-state index in [0.717, 1.165) is 38.6 Å². The molecular weight excluding hydrogens is 622 g/mol. The van der Waals surface area contributed by atoms with E-state index in [0.29, 0.717) is 32.2 Å². The number of benzene rings is 3. The summed E-state index contributed by atoms with van der Waals surface area (Å²) in [5.74, 6) is -0.604. The first kappa shape index (κ1) is 30.0. The van der Waals surface area contributed by atoms with Crippen LogP contribution in [0.3, 0.4) is 0 Å².